The molecule has 0 amide bonds. The predicted octanol–water partition coefficient (Wildman–Crippen LogP) is -0.710. The first-order valence-corrected chi connectivity index (χ1v) is 3.99. The van der Waals surface area contributed by atoms with Gasteiger partial charge in [0.1, 0.15) is 0 Å². The Morgan fingerprint density at radius 1 is 1.38 bits per heavy atom. The molecule has 0 aliphatic heterocycles. The van der Waals surface area contributed by atoms with E-state index in [0.29, 0.717) is 6.42 Å². The first kappa shape index (κ1) is 9.50. The van der Waals surface area contributed by atoms with E-state index in [0.717, 1.165) is 11.0 Å². The summed E-state index contributed by atoms with van der Waals surface area (Å²) in [6.07, 6.45) is 1.54. The molecular weight excluding hydrogens is 176 g/mol. The zero-order chi connectivity index (χ0) is 9.84. The molecule has 0 bridgehead atoms. The molecule has 0 saturated carbocycles. The van der Waals surface area contributed by atoms with Crippen LogP contribution < -0.4 is 17.2 Å². The van der Waals surface area contributed by atoms with Crippen LogP contribution >= 0.6 is 0 Å². The molecule has 0 fully saturated rings. The molecule has 1 aromatic heterocycles. The van der Waals surface area contributed by atoms with Crippen LogP contribution in [0, 0.1) is 0 Å². The van der Waals surface area contributed by atoms with E-state index in [1.54, 1.807) is 0 Å². The van der Waals surface area contributed by atoms with E-state index in [1.165, 1.54) is 0 Å². The van der Waals surface area contributed by atoms with Crippen LogP contribution in [0.2, 0.25) is 0 Å². The second-order valence-electron chi connectivity index (χ2n) is 2.59. The molecule has 1 heterocycles. The van der Waals surface area contributed by atoms with Gasteiger partial charge in [0.05, 0.1) is 0 Å². The van der Waals surface area contributed by atoms with Crippen molar-refractivity contribution in [3.8, 4) is 0 Å². The van der Waals surface area contributed by atoms with Gasteiger partial charge in [0.15, 0.2) is 0 Å². The maximum absolute atomic E-state index is 11.0. The van der Waals surface area contributed by atoms with E-state index in [2.05, 4.69) is 4.42 Å². The summed E-state index contributed by atoms with van der Waals surface area (Å²) in [5.41, 5.74) is -0.713. The zero-order valence-electron chi connectivity index (χ0n) is 7.20. The van der Waals surface area contributed by atoms with Crippen molar-refractivity contribution in [2.24, 2.45) is 0 Å². The third kappa shape index (κ3) is 2.17. The van der Waals surface area contributed by atoms with Crippen molar-refractivity contribution in [2.75, 3.05) is 0 Å². The summed E-state index contributed by atoms with van der Waals surface area (Å²) in [4.78, 5) is 34.3. The number of nitrogens with one attached hydrogen (secondary N) is 1. The van der Waals surface area contributed by atoms with Crippen LogP contribution in [0.15, 0.2) is 18.8 Å². The zero-order valence-corrected chi connectivity index (χ0v) is 7.20. The van der Waals surface area contributed by atoms with E-state index in [9.17, 15) is 14.4 Å². The Kier molecular flexibility index (Phi) is 2.84. The van der Waals surface area contributed by atoms with Gasteiger partial charge in [-0.3, -0.25) is 0 Å². The summed E-state index contributed by atoms with van der Waals surface area (Å²) >= 11 is 0. The number of aromatic amines is 1. The molecule has 0 aromatic carbocycles. The molecule has 6 nitrogen and oxygen atoms in total. The Hall–Kier alpha value is -1.59. The highest BCUT2D eigenvalue weighted by Gasteiger charge is 2.02. The fourth-order valence-electron chi connectivity index (χ4n) is 0.907. The van der Waals surface area contributed by atoms with Crippen molar-refractivity contribution < 1.29 is 4.42 Å². The van der Waals surface area contributed by atoms with Crippen molar-refractivity contribution in [3.05, 3.63) is 31.6 Å². The lowest BCUT2D eigenvalue weighted by Crippen LogP contribution is -2.39. The van der Waals surface area contributed by atoms with Crippen LogP contribution in [0.25, 0.3) is 0 Å². The second-order valence-corrected chi connectivity index (χ2v) is 2.59. The van der Waals surface area contributed by atoms with Gasteiger partial charge in [0.25, 0.3) is 0 Å². The molecule has 0 radical (unpaired) electrons. The largest absolute Gasteiger partial charge is 0.427 e. The quantitative estimate of drug-likeness (QED) is 0.675. The van der Waals surface area contributed by atoms with Gasteiger partial charge in [0, 0.05) is 6.54 Å². The van der Waals surface area contributed by atoms with Crippen LogP contribution in [-0.2, 0) is 6.54 Å². The number of hydrogen-bond donors (Lipinski definition) is 1. The van der Waals surface area contributed by atoms with Crippen molar-refractivity contribution in [1.29, 1.82) is 0 Å². The Bertz CT molecular complexity index is 405. The average molecular weight is 186 g/mol. The third-order valence-electron chi connectivity index (χ3n) is 1.59. The van der Waals surface area contributed by atoms with Crippen LogP contribution in [0.5, 0.6) is 0 Å². The van der Waals surface area contributed by atoms with Gasteiger partial charge in [0.2, 0.25) is 0 Å². The van der Waals surface area contributed by atoms with Gasteiger partial charge in [-0.1, -0.05) is 13.3 Å². The minimum atomic E-state index is -1.01. The summed E-state index contributed by atoms with van der Waals surface area (Å²) in [5, 5.41) is 0. The number of aromatic nitrogens is 2. The summed E-state index contributed by atoms with van der Waals surface area (Å²) in [5.74, 6) is -1.91. The van der Waals surface area contributed by atoms with Gasteiger partial charge in [-0.15, -0.1) is 0 Å². The molecular formula is C7H10N2O4. The van der Waals surface area contributed by atoms with Gasteiger partial charge in [-0.25, -0.2) is 23.9 Å². The Balaban J connectivity index is 3.15. The Morgan fingerprint density at radius 3 is 2.62 bits per heavy atom. The molecule has 0 saturated heterocycles. The molecule has 6 heteroatoms. The van der Waals surface area contributed by atoms with E-state index >= 15 is 0 Å². The average Bonchev–Trinajstić information content (AvgIpc) is 2.02. The van der Waals surface area contributed by atoms with E-state index in [-0.39, 0.29) is 6.54 Å². The number of unbranched alkanes of at least 4 members (excludes halogenated alkanes) is 1. The lowest BCUT2D eigenvalue weighted by atomic mass is 10.3. The van der Waals surface area contributed by atoms with Crippen molar-refractivity contribution in [3.63, 3.8) is 0 Å². The first-order chi connectivity index (χ1) is 6.15. The second kappa shape index (κ2) is 3.88. The summed E-state index contributed by atoms with van der Waals surface area (Å²) in [6, 6.07) is 0. The van der Waals surface area contributed by atoms with E-state index < -0.39 is 17.2 Å². The lowest BCUT2D eigenvalue weighted by Gasteiger charge is -1.98. The molecule has 13 heavy (non-hydrogen) atoms. The summed E-state index contributed by atoms with van der Waals surface area (Å²) in [7, 11) is 0. The number of rotatable bonds is 3. The number of hydrogen-bond acceptors (Lipinski definition) is 4. The number of nitrogens with zero attached hydrogens (tertiary/aromatic N) is 1. The maximum atomic E-state index is 11.0. The molecule has 1 N–H and O–H groups in total. The van der Waals surface area contributed by atoms with Crippen LogP contribution in [0.4, 0.5) is 0 Å². The van der Waals surface area contributed by atoms with E-state index in [1.807, 2.05) is 11.9 Å². The highest BCUT2D eigenvalue weighted by Crippen LogP contribution is 1.86. The van der Waals surface area contributed by atoms with Crippen LogP contribution in [0.3, 0.4) is 0 Å². The van der Waals surface area contributed by atoms with Gasteiger partial charge in [-0.05, 0) is 6.42 Å². The van der Waals surface area contributed by atoms with E-state index in [4.69, 9.17) is 0 Å². The molecule has 1 aromatic rings. The smallest absolute Gasteiger partial charge is 0.359 e. The minimum Gasteiger partial charge on any atom is -0.359 e. The van der Waals surface area contributed by atoms with Crippen LogP contribution in [0.1, 0.15) is 19.8 Å². The van der Waals surface area contributed by atoms with Gasteiger partial charge >= 0.3 is 17.2 Å². The van der Waals surface area contributed by atoms with Crippen LogP contribution in [-0.4, -0.2) is 9.55 Å². The summed E-state index contributed by atoms with van der Waals surface area (Å²) < 4.78 is 5.05. The minimum absolute atomic E-state index is 0.272. The first-order valence-electron chi connectivity index (χ1n) is 3.99. The Labute approximate surface area is 72.8 Å². The van der Waals surface area contributed by atoms with Gasteiger partial charge in [-0.2, -0.15) is 0 Å². The standard InChI is InChI=1S/C7H10N2O4/c1-2-3-4-9-5(10)8-6(11)13-7(9)12/h2-4H2,1H3,(H,8,10,11). The monoisotopic (exact) mass is 186 g/mol. The Morgan fingerprint density at radius 2 is 2.08 bits per heavy atom. The number of H-pyrrole nitrogens is 1. The fourth-order valence-corrected chi connectivity index (χ4v) is 0.907. The van der Waals surface area contributed by atoms with Crippen molar-refractivity contribution in [1.82, 2.24) is 9.55 Å². The predicted molar refractivity (Wildman–Crippen MR) is 44.8 cm³/mol. The molecule has 0 atom stereocenters. The maximum Gasteiger partial charge on any atom is 0.427 e. The third-order valence-corrected chi connectivity index (χ3v) is 1.59. The normalized spacial score (nSPS) is 10.2. The topological polar surface area (TPSA) is 85.1 Å². The summed E-state index contributed by atoms with van der Waals surface area (Å²) in [6.45, 7) is 2.20. The highest BCUT2D eigenvalue weighted by atomic mass is 16.5. The molecule has 72 valence electrons. The lowest BCUT2D eigenvalue weighted by molar-refractivity contribution is 0.361. The molecule has 0 aliphatic carbocycles. The van der Waals surface area contributed by atoms with Gasteiger partial charge < -0.3 is 4.42 Å². The highest BCUT2D eigenvalue weighted by molar-refractivity contribution is 4.63. The fraction of sp³-hybridized carbons (Fsp3) is 0.571. The molecule has 0 unspecified atom stereocenters. The molecule has 1 rings (SSSR count). The molecule has 0 aliphatic rings. The van der Waals surface area contributed by atoms with Crippen molar-refractivity contribution >= 4 is 0 Å². The molecule has 0 spiro atoms. The SMILES string of the molecule is CCCCn1c(=O)[nH]c(=O)oc1=O. The van der Waals surface area contributed by atoms with Crippen molar-refractivity contribution in [2.45, 2.75) is 26.3 Å².